The summed E-state index contributed by atoms with van der Waals surface area (Å²) in [4.78, 5) is 14.6. The molecular weight excluding hydrogens is 294 g/mol. The summed E-state index contributed by atoms with van der Waals surface area (Å²) in [5.41, 5.74) is 1.75. The zero-order valence-electron chi connectivity index (χ0n) is 13.9. The molecule has 122 valence electrons. The van der Waals surface area contributed by atoms with Gasteiger partial charge in [0.1, 0.15) is 0 Å². The van der Waals surface area contributed by atoms with E-state index in [-0.39, 0.29) is 12.0 Å². The number of rotatable bonds is 3. The lowest BCUT2D eigenvalue weighted by molar-refractivity contribution is 0.0861. The fourth-order valence-electron chi connectivity index (χ4n) is 3.47. The van der Waals surface area contributed by atoms with E-state index in [0.29, 0.717) is 12.0 Å². The monoisotopic (exact) mass is 321 g/mol. The molecule has 0 aromatic carbocycles. The first-order valence-electron chi connectivity index (χ1n) is 8.45. The minimum Gasteiger partial charge on any atom is -0.376 e. The van der Waals surface area contributed by atoms with E-state index in [4.69, 9.17) is 4.74 Å². The summed E-state index contributed by atoms with van der Waals surface area (Å²) < 4.78 is 5.56. The first-order valence-corrected chi connectivity index (χ1v) is 9.26. The number of ether oxygens (including phenoxy) is 1. The molecule has 4 heteroatoms. The van der Waals surface area contributed by atoms with Crippen molar-refractivity contribution in [1.29, 1.82) is 0 Å². The Morgan fingerprint density at radius 2 is 2.23 bits per heavy atom. The van der Waals surface area contributed by atoms with Crippen molar-refractivity contribution in [2.24, 2.45) is 11.3 Å². The van der Waals surface area contributed by atoms with Crippen molar-refractivity contribution in [3.05, 3.63) is 21.4 Å². The molecule has 0 bridgehead atoms. The third-order valence-corrected chi connectivity index (χ3v) is 6.28. The highest BCUT2D eigenvalue weighted by Gasteiger charge is 2.30. The molecule has 1 amide bonds. The van der Waals surface area contributed by atoms with E-state index in [0.717, 1.165) is 43.1 Å². The van der Waals surface area contributed by atoms with E-state index in [1.165, 1.54) is 16.9 Å². The van der Waals surface area contributed by atoms with E-state index >= 15 is 0 Å². The van der Waals surface area contributed by atoms with Crippen molar-refractivity contribution in [1.82, 2.24) is 5.32 Å². The number of carbonyl (C=O) groups is 1. The molecule has 3 rings (SSSR count). The van der Waals surface area contributed by atoms with E-state index < -0.39 is 0 Å². The Hall–Kier alpha value is -0.870. The van der Waals surface area contributed by atoms with E-state index in [9.17, 15) is 4.79 Å². The van der Waals surface area contributed by atoms with Crippen LogP contribution in [-0.2, 0) is 17.6 Å². The predicted octanol–water partition coefficient (Wildman–Crippen LogP) is 3.81. The molecule has 0 radical (unpaired) electrons. The zero-order chi connectivity index (χ0) is 15.7. The molecule has 2 aliphatic rings. The van der Waals surface area contributed by atoms with Crippen LogP contribution in [0.2, 0.25) is 0 Å². The number of thiophene rings is 1. The third kappa shape index (κ3) is 3.54. The maximum atomic E-state index is 12.3. The van der Waals surface area contributed by atoms with Crippen LogP contribution in [-0.4, -0.2) is 25.2 Å². The van der Waals surface area contributed by atoms with Crippen molar-refractivity contribution in [2.75, 3.05) is 13.2 Å². The summed E-state index contributed by atoms with van der Waals surface area (Å²) in [6.07, 6.45) is 5.88. The normalized spacial score (nSPS) is 25.0. The smallest absolute Gasteiger partial charge is 0.261 e. The average Bonchev–Trinajstić information content (AvgIpc) is 3.11. The van der Waals surface area contributed by atoms with Crippen molar-refractivity contribution >= 4 is 17.2 Å². The summed E-state index contributed by atoms with van der Waals surface area (Å²) in [6, 6.07) is 2.13. The Morgan fingerprint density at radius 3 is 2.91 bits per heavy atom. The number of nitrogens with one attached hydrogen (secondary N) is 1. The molecule has 1 aromatic heterocycles. The van der Waals surface area contributed by atoms with Gasteiger partial charge in [-0.2, -0.15) is 0 Å². The van der Waals surface area contributed by atoms with Crippen LogP contribution in [0.15, 0.2) is 6.07 Å². The number of amides is 1. The van der Waals surface area contributed by atoms with Crippen molar-refractivity contribution in [3.8, 4) is 0 Å². The lowest BCUT2D eigenvalue weighted by Crippen LogP contribution is -2.31. The molecule has 0 saturated carbocycles. The van der Waals surface area contributed by atoms with Crippen LogP contribution in [0.25, 0.3) is 0 Å². The summed E-state index contributed by atoms with van der Waals surface area (Å²) in [6.45, 7) is 8.45. The Balaban J connectivity index is 1.62. The molecule has 1 aliphatic carbocycles. The van der Waals surface area contributed by atoms with Gasteiger partial charge >= 0.3 is 0 Å². The first kappa shape index (κ1) is 16.0. The van der Waals surface area contributed by atoms with Crippen LogP contribution >= 0.6 is 11.3 Å². The predicted molar refractivity (Wildman–Crippen MR) is 90.6 cm³/mol. The van der Waals surface area contributed by atoms with Gasteiger partial charge in [-0.1, -0.05) is 20.8 Å². The molecule has 3 nitrogen and oxygen atoms in total. The first-order chi connectivity index (χ1) is 10.4. The lowest BCUT2D eigenvalue weighted by atomic mass is 9.72. The summed E-state index contributed by atoms with van der Waals surface area (Å²) in [7, 11) is 0. The molecule has 0 unspecified atom stereocenters. The maximum absolute atomic E-state index is 12.3. The Labute approximate surface area is 137 Å². The van der Waals surface area contributed by atoms with Crippen LogP contribution in [0.1, 0.15) is 60.1 Å². The molecule has 1 N–H and O–H groups in total. The zero-order valence-corrected chi connectivity index (χ0v) is 14.7. The molecule has 0 spiro atoms. The van der Waals surface area contributed by atoms with Crippen LogP contribution < -0.4 is 5.32 Å². The standard InChI is InChI=1S/C18H27NO2S/c1-18(2,3)13-6-7-15-12(9-13)10-16(22-15)17(20)19-11-14-5-4-8-21-14/h10,13-14H,4-9,11H2,1-3H3,(H,19,20)/t13-,14-/m1/s1. The molecule has 1 aliphatic heterocycles. The highest BCUT2D eigenvalue weighted by Crippen LogP contribution is 2.40. The van der Waals surface area contributed by atoms with Crippen molar-refractivity contribution < 1.29 is 9.53 Å². The second kappa shape index (κ2) is 6.32. The second-order valence-electron chi connectivity index (χ2n) is 7.71. The molecular formula is C18H27NO2S. The second-order valence-corrected chi connectivity index (χ2v) is 8.85. The molecule has 1 saturated heterocycles. The number of fused-ring (bicyclic) bond motifs is 1. The minimum atomic E-state index is 0.0715. The summed E-state index contributed by atoms with van der Waals surface area (Å²) in [5.74, 6) is 0.791. The quantitative estimate of drug-likeness (QED) is 0.919. The molecule has 2 heterocycles. The highest BCUT2D eigenvalue weighted by molar-refractivity contribution is 7.14. The SMILES string of the molecule is CC(C)(C)[C@@H]1CCc2sc(C(=O)NC[C@H]3CCCO3)cc2C1. The van der Waals surface area contributed by atoms with Gasteiger partial charge in [0.2, 0.25) is 0 Å². The van der Waals surface area contributed by atoms with Crippen LogP contribution in [0.4, 0.5) is 0 Å². The van der Waals surface area contributed by atoms with E-state index in [1.54, 1.807) is 11.3 Å². The summed E-state index contributed by atoms with van der Waals surface area (Å²) >= 11 is 1.69. The van der Waals surface area contributed by atoms with Gasteiger partial charge in [0.05, 0.1) is 11.0 Å². The van der Waals surface area contributed by atoms with Crippen LogP contribution in [0.3, 0.4) is 0 Å². The van der Waals surface area contributed by atoms with Gasteiger partial charge in [-0.25, -0.2) is 0 Å². The van der Waals surface area contributed by atoms with Gasteiger partial charge in [-0.05, 0) is 55.1 Å². The Morgan fingerprint density at radius 1 is 1.41 bits per heavy atom. The number of hydrogen-bond acceptors (Lipinski definition) is 3. The molecule has 1 fully saturated rings. The van der Waals surface area contributed by atoms with Gasteiger partial charge in [0.15, 0.2) is 0 Å². The van der Waals surface area contributed by atoms with Gasteiger partial charge in [-0.3, -0.25) is 4.79 Å². The third-order valence-electron chi connectivity index (χ3n) is 5.05. The summed E-state index contributed by atoms with van der Waals surface area (Å²) in [5, 5.41) is 3.04. The van der Waals surface area contributed by atoms with E-state index in [2.05, 4.69) is 32.2 Å². The fourth-order valence-corrected chi connectivity index (χ4v) is 4.60. The topological polar surface area (TPSA) is 38.3 Å². The van der Waals surface area contributed by atoms with E-state index in [1.807, 2.05) is 0 Å². The Kier molecular flexibility index (Phi) is 4.60. The number of aryl methyl sites for hydroxylation is 1. The number of carbonyl (C=O) groups excluding carboxylic acids is 1. The minimum absolute atomic E-state index is 0.0715. The van der Waals surface area contributed by atoms with Gasteiger partial charge in [-0.15, -0.1) is 11.3 Å². The largest absolute Gasteiger partial charge is 0.376 e. The Bertz CT molecular complexity index is 538. The average molecular weight is 321 g/mol. The van der Waals surface area contributed by atoms with Crippen LogP contribution in [0, 0.1) is 11.3 Å². The van der Waals surface area contributed by atoms with Crippen LogP contribution in [0.5, 0.6) is 0 Å². The van der Waals surface area contributed by atoms with Gasteiger partial charge in [0, 0.05) is 18.0 Å². The fraction of sp³-hybridized carbons (Fsp3) is 0.722. The number of hydrogen-bond donors (Lipinski definition) is 1. The highest BCUT2D eigenvalue weighted by atomic mass is 32.1. The van der Waals surface area contributed by atoms with Crippen molar-refractivity contribution in [2.45, 2.75) is 59.0 Å². The maximum Gasteiger partial charge on any atom is 0.261 e. The molecule has 1 aromatic rings. The van der Waals surface area contributed by atoms with Gasteiger partial charge in [0.25, 0.3) is 5.91 Å². The lowest BCUT2D eigenvalue weighted by Gasteiger charge is -2.33. The molecule has 22 heavy (non-hydrogen) atoms. The molecule has 2 atom stereocenters. The van der Waals surface area contributed by atoms with Crippen molar-refractivity contribution in [3.63, 3.8) is 0 Å². The van der Waals surface area contributed by atoms with Gasteiger partial charge < -0.3 is 10.1 Å².